The van der Waals surface area contributed by atoms with E-state index >= 15 is 0 Å². The van der Waals surface area contributed by atoms with Crippen molar-refractivity contribution in [1.29, 1.82) is 0 Å². The number of hydrogen-bond acceptors (Lipinski definition) is 2. The second-order valence-electron chi connectivity index (χ2n) is 6.94. The molecule has 2 heterocycles. The quantitative estimate of drug-likeness (QED) is 0.714. The fourth-order valence-electron chi connectivity index (χ4n) is 3.68. The van der Waals surface area contributed by atoms with E-state index in [2.05, 4.69) is 93.6 Å². The summed E-state index contributed by atoms with van der Waals surface area (Å²) >= 11 is 1.87. The van der Waals surface area contributed by atoms with E-state index in [1.807, 2.05) is 11.3 Å². The van der Waals surface area contributed by atoms with Crippen LogP contribution in [-0.4, -0.2) is 7.05 Å². The second-order valence-corrected chi connectivity index (χ2v) is 8.17. The number of allylic oxidation sites excluding steroid dienone is 3. The highest BCUT2D eigenvalue weighted by atomic mass is 32.1. The van der Waals surface area contributed by atoms with Crippen molar-refractivity contribution in [2.24, 2.45) is 0 Å². The maximum absolute atomic E-state index is 2.38. The van der Waals surface area contributed by atoms with Crippen LogP contribution in [0, 0.1) is 13.8 Å². The highest BCUT2D eigenvalue weighted by molar-refractivity contribution is 7.12. The number of hydrogen-bond donors (Lipinski definition) is 0. The summed E-state index contributed by atoms with van der Waals surface area (Å²) in [5, 5.41) is 1.32. The highest BCUT2D eigenvalue weighted by Gasteiger charge is 2.37. The van der Waals surface area contributed by atoms with Gasteiger partial charge in [-0.15, -0.1) is 0 Å². The Bertz CT molecular complexity index is 824. The van der Waals surface area contributed by atoms with Gasteiger partial charge in [0.1, 0.15) is 6.54 Å². The summed E-state index contributed by atoms with van der Waals surface area (Å²) in [6, 6.07) is 8.70. The molecule has 1 aromatic carbocycles. The Morgan fingerprint density at radius 3 is 2.58 bits per heavy atom. The third-order valence-electron chi connectivity index (χ3n) is 5.19. The zero-order chi connectivity index (χ0) is 17.5. The van der Waals surface area contributed by atoms with Crippen molar-refractivity contribution in [3.8, 4) is 0 Å². The average Bonchev–Trinajstić information content (AvgIpc) is 2.94. The SMILES string of the molecule is CC[n+]1c(C=CC=C2N(C)c3ccccc3C2(C)C)sc(C)c1C. The molecular formula is C21H27N2S+. The third-order valence-corrected chi connectivity index (χ3v) is 6.35. The molecule has 2 aromatic rings. The Balaban J connectivity index is 1.95. The minimum absolute atomic E-state index is 0.0394. The number of aryl methyl sites for hydroxylation is 1. The van der Waals surface area contributed by atoms with Gasteiger partial charge in [-0.1, -0.05) is 49.5 Å². The van der Waals surface area contributed by atoms with Crippen molar-refractivity contribution in [1.82, 2.24) is 0 Å². The Morgan fingerprint density at radius 2 is 1.92 bits per heavy atom. The van der Waals surface area contributed by atoms with Gasteiger partial charge in [-0.3, -0.25) is 0 Å². The molecule has 2 nitrogen and oxygen atoms in total. The average molecular weight is 340 g/mol. The number of fused-ring (bicyclic) bond motifs is 1. The van der Waals surface area contributed by atoms with Crippen LogP contribution < -0.4 is 9.47 Å². The van der Waals surface area contributed by atoms with Crippen LogP contribution in [0.3, 0.4) is 0 Å². The summed E-state index contributed by atoms with van der Waals surface area (Å²) in [5.41, 5.74) is 5.47. The largest absolute Gasteiger partial charge is 0.347 e. The predicted molar refractivity (Wildman–Crippen MR) is 105 cm³/mol. The standard InChI is InChI=1S/C21H27N2S/c1-7-23-15(2)16(3)24-20(23)14-10-13-19-21(4,5)17-11-8-9-12-18(17)22(19)6/h8-14H,7H2,1-6H3/q+1. The van der Waals surface area contributed by atoms with Gasteiger partial charge in [-0.05, 0) is 31.6 Å². The molecule has 126 valence electrons. The number of nitrogens with zero attached hydrogens (tertiary/aromatic N) is 2. The van der Waals surface area contributed by atoms with Crippen LogP contribution >= 0.6 is 11.3 Å². The molecule has 0 bridgehead atoms. The number of para-hydroxylation sites is 1. The number of thiazole rings is 1. The predicted octanol–water partition coefficient (Wildman–Crippen LogP) is 5.00. The van der Waals surface area contributed by atoms with Crippen LogP contribution in [0.15, 0.2) is 42.1 Å². The summed E-state index contributed by atoms with van der Waals surface area (Å²) in [5.74, 6) is 0. The normalized spacial score (nSPS) is 17.9. The molecule has 1 aromatic heterocycles. The first-order valence-electron chi connectivity index (χ1n) is 8.59. The third kappa shape index (κ3) is 2.61. The van der Waals surface area contributed by atoms with E-state index in [9.17, 15) is 0 Å². The molecule has 0 radical (unpaired) electrons. The van der Waals surface area contributed by atoms with Gasteiger partial charge in [0.05, 0.1) is 4.88 Å². The maximum atomic E-state index is 2.38. The van der Waals surface area contributed by atoms with Gasteiger partial charge in [0.2, 0.25) is 0 Å². The van der Waals surface area contributed by atoms with E-state index in [1.165, 1.54) is 32.5 Å². The molecule has 0 spiro atoms. The minimum atomic E-state index is 0.0394. The van der Waals surface area contributed by atoms with E-state index in [0.717, 1.165) is 6.54 Å². The van der Waals surface area contributed by atoms with Crippen molar-refractivity contribution in [2.45, 2.75) is 46.6 Å². The highest BCUT2D eigenvalue weighted by Crippen LogP contribution is 2.46. The molecule has 24 heavy (non-hydrogen) atoms. The molecule has 0 atom stereocenters. The fraction of sp³-hybridized carbons (Fsp3) is 0.381. The van der Waals surface area contributed by atoms with Gasteiger partial charge < -0.3 is 4.90 Å². The van der Waals surface area contributed by atoms with Gasteiger partial charge in [0.15, 0.2) is 5.69 Å². The molecule has 3 rings (SSSR count). The molecule has 1 aliphatic heterocycles. The minimum Gasteiger partial charge on any atom is -0.347 e. The monoisotopic (exact) mass is 339 g/mol. The van der Waals surface area contributed by atoms with E-state index in [0.29, 0.717) is 0 Å². The Labute approximate surface area is 149 Å². The van der Waals surface area contributed by atoms with Crippen molar-refractivity contribution >= 4 is 23.1 Å². The number of rotatable bonds is 3. The van der Waals surface area contributed by atoms with E-state index in [-0.39, 0.29) is 5.41 Å². The van der Waals surface area contributed by atoms with Crippen LogP contribution in [-0.2, 0) is 12.0 Å². The summed E-state index contributed by atoms with van der Waals surface area (Å²) in [7, 11) is 2.17. The molecular weight excluding hydrogens is 312 g/mol. The smallest absolute Gasteiger partial charge is 0.262 e. The topological polar surface area (TPSA) is 7.12 Å². The van der Waals surface area contributed by atoms with Gasteiger partial charge in [0.25, 0.3) is 5.01 Å². The Hall–Kier alpha value is -1.87. The van der Waals surface area contributed by atoms with Gasteiger partial charge >= 0.3 is 0 Å². The molecule has 1 aliphatic rings. The van der Waals surface area contributed by atoms with Crippen LogP contribution in [0.25, 0.3) is 6.08 Å². The van der Waals surface area contributed by atoms with E-state index < -0.39 is 0 Å². The first-order chi connectivity index (χ1) is 11.4. The van der Waals surface area contributed by atoms with Crippen molar-refractivity contribution < 1.29 is 4.57 Å². The Morgan fingerprint density at radius 1 is 1.21 bits per heavy atom. The lowest BCUT2D eigenvalue weighted by Gasteiger charge is -2.23. The summed E-state index contributed by atoms with van der Waals surface area (Å²) < 4.78 is 2.38. The molecule has 0 amide bonds. The zero-order valence-corrected chi connectivity index (χ0v) is 16.4. The number of aromatic nitrogens is 1. The molecule has 3 heteroatoms. The second kappa shape index (κ2) is 6.21. The fourth-order valence-corrected chi connectivity index (χ4v) is 4.78. The number of anilines is 1. The van der Waals surface area contributed by atoms with Crippen molar-refractivity contribution in [3.05, 3.63) is 63.3 Å². The zero-order valence-electron chi connectivity index (χ0n) is 15.6. The first kappa shape index (κ1) is 17.0. The van der Waals surface area contributed by atoms with E-state index in [4.69, 9.17) is 0 Å². The summed E-state index contributed by atoms with van der Waals surface area (Å²) in [6.07, 6.45) is 6.72. The molecule has 0 saturated carbocycles. The lowest BCUT2D eigenvalue weighted by atomic mass is 9.84. The van der Waals surface area contributed by atoms with Crippen molar-refractivity contribution in [2.75, 3.05) is 11.9 Å². The lowest BCUT2D eigenvalue weighted by molar-refractivity contribution is -0.696. The molecule has 0 N–H and O–H groups in total. The van der Waals surface area contributed by atoms with Crippen molar-refractivity contribution in [3.63, 3.8) is 0 Å². The molecule has 0 aliphatic carbocycles. The maximum Gasteiger partial charge on any atom is 0.262 e. The summed E-state index contributed by atoms with van der Waals surface area (Å²) in [4.78, 5) is 3.72. The van der Waals surface area contributed by atoms with Crippen LogP contribution in [0.5, 0.6) is 0 Å². The van der Waals surface area contributed by atoms with E-state index in [1.54, 1.807) is 0 Å². The van der Waals surface area contributed by atoms with Crippen LogP contribution in [0.1, 0.15) is 41.9 Å². The number of likely N-dealkylation sites (N-methyl/N-ethyl adjacent to an activating group) is 1. The van der Waals surface area contributed by atoms with Gasteiger partial charge in [0, 0.05) is 36.8 Å². The lowest BCUT2D eigenvalue weighted by Crippen LogP contribution is -2.36. The molecule has 0 fully saturated rings. The number of benzene rings is 1. The van der Waals surface area contributed by atoms with Gasteiger partial charge in [-0.2, -0.15) is 4.57 Å². The molecule has 0 saturated heterocycles. The first-order valence-corrected chi connectivity index (χ1v) is 9.41. The van der Waals surface area contributed by atoms with Gasteiger partial charge in [-0.25, -0.2) is 0 Å². The van der Waals surface area contributed by atoms with Crippen LogP contribution in [0.4, 0.5) is 5.69 Å². The summed E-state index contributed by atoms with van der Waals surface area (Å²) in [6.45, 7) is 12.2. The Kier molecular flexibility index (Phi) is 4.39. The molecule has 0 unspecified atom stereocenters. The van der Waals surface area contributed by atoms with Crippen LogP contribution in [0.2, 0.25) is 0 Å².